The molecule has 2 aromatic carbocycles. The average Bonchev–Trinajstić information content (AvgIpc) is 2.54. The molecular formula is C17H18O6. The number of hydrogen-bond donors (Lipinski definition) is 2. The molecular weight excluding hydrogens is 300 g/mol. The monoisotopic (exact) mass is 318 g/mol. The van der Waals surface area contributed by atoms with E-state index in [9.17, 15) is 9.59 Å². The van der Waals surface area contributed by atoms with E-state index in [4.69, 9.17) is 14.9 Å². The molecule has 0 unspecified atom stereocenters. The molecule has 0 heterocycles. The molecule has 6 heteroatoms. The average molecular weight is 318 g/mol. The predicted octanol–water partition coefficient (Wildman–Crippen LogP) is 3.92. The number of carboxylic acid groups (broad SMARTS) is 2. The molecule has 23 heavy (non-hydrogen) atoms. The van der Waals surface area contributed by atoms with E-state index in [-0.39, 0.29) is 5.56 Å². The highest BCUT2D eigenvalue weighted by atomic mass is 16.7. The first-order valence-corrected chi connectivity index (χ1v) is 6.95. The van der Waals surface area contributed by atoms with Crippen LogP contribution in [0.2, 0.25) is 0 Å². The van der Waals surface area contributed by atoms with Gasteiger partial charge >= 0.3 is 12.1 Å². The lowest BCUT2D eigenvalue weighted by Crippen LogP contribution is -2.03. The minimum Gasteiger partial charge on any atom is -0.493 e. The van der Waals surface area contributed by atoms with Gasteiger partial charge in [-0.1, -0.05) is 37.3 Å². The highest BCUT2D eigenvalue weighted by molar-refractivity contribution is 5.90. The number of aromatic carboxylic acids is 1. The van der Waals surface area contributed by atoms with Gasteiger partial charge in [0.25, 0.3) is 0 Å². The van der Waals surface area contributed by atoms with Crippen molar-refractivity contribution in [2.24, 2.45) is 0 Å². The normalized spacial score (nSPS) is 9.26. The Morgan fingerprint density at radius 2 is 1.57 bits per heavy atom. The summed E-state index contributed by atoms with van der Waals surface area (Å²) in [6.07, 6.45) is -0.417. The zero-order chi connectivity index (χ0) is 17.1. The maximum Gasteiger partial charge on any atom is 0.511 e. The van der Waals surface area contributed by atoms with Crippen molar-refractivity contribution >= 4 is 12.1 Å². The lowest BCUT2D eigenvalue weighted by Gasteiger charge is -2.06. The quantitative estimate of drug-likeness (QED) is 0.641. The standard InChI is InChI=1S/C10H12O3.C7H6O3/c1-2-7-13-9-6-4-3-5-8(9)10(11)12;8-7(9)10-6-4-2-1-3-5-6/h3-6H,2,7H2,1H3,(H,11,12);1-5H,(H,8,9). The molecule has 0 radical (unpaired) electrons. The molecule has 0 amide bonds. The van der Waals surface area contributed by atoms with E-state index in [2.05, 4.69) is 4.74 Å². The van der Waals surface area contributed by atoms with Crippen LogP contribution in [0.1, 0.15) is 23.7 Å². The van der Waals surface area contributed by atoms with Gasteiger partial charge in [-0.15, -0.1) is 0 Å². The summed E-state index contributed by atoms with van der Waals surface area (Å²) in [5, 5.41) is 16.9. The minimum atomic E-state index is -1.29. The SMILES string of the molecule is CCCOc1ccccc1C(=O)O.O=C(O)Oc1ccccc1. The second kappa shape index (κ2) is 9.83. The van der Waals surface area contributed by atoms with E-state index in [0.717, 1.165) is 6.42 Å². The molecule has 0 saturated heterocycles. The molecule has 0 bridgehead atoms. The van der Waals surface area contributed by atoms with Crippen LogP contribution in [0.5, 0.6) is 11.5 Å². The second-order valence-electron chi connectivity index (χ2n) is 4.33. The van der Waals surface area contributed by atoms with Gasteiger partial charge in [0.2, 0.25) is 0 Å². The molecule has 122 valence electrons. The van der Waals surface area contributed by atoms with E-state index >= 15 is 0 Å². The van der Waals surface area contributed by atoms with Crippen LogP contribution in [0.25, 0.3) is 0 Å². The fraction of sp³-hybridized carbons (Fsp3) is 0.176. The van der Waals surface area contributed by atoms with Crippen molar-refractivity contribution in [3.63, 3.8) is 0 Å². The van der Waals surface area contributed by atoms with Gasteiger partial charge in [0.05, 0.1) is 6.61 Å². The van der Waals surface area contributed by atoms with E-state index in [1.54, 1.807) is 48.5 Å². The van der Waals surface area contributed by atoms with Gasteiger partial charge in [-0.2, -0.15) is 0 Å². The van der Waals surface area contributed by atoms with Crippen LogP contribution in [-0.2, 0) is 0 Å². The summed E-state index contributed by atoms with van der Waals surface area (Å²) in [5.41, 5.74) is 0.218. The van der Waals surface area contributed by atoms with Gasteiger partial charge in [-0.05, 0) is 30.7 Å². The van der Waals surface area contributed by atoms with Crippen LogP contribution in [0.15, 0.2) is 54.6 Å². The number of rotatable bonds is 5. The van der Waals surface area contributed by atoms with Gasteiger partial charge in [0.15, 0.2) is 0 Å². The van der Waals surface area contributed by atoms with Gasteiger partial charge in [-0.25, -0.2) is 9.59 Å². The Labute approximate surface area is 133 Å². The van der Waals surface area contributed by atoms with Crippen molar-refractivity contribution in [3.05, 3.63) is 60.2 Å². The Balaban J connectivity index is 0.000000238. The molecule has 0 aliphatic heterocycles. The highest BCUT2D eigenvalue weighted by Crippen LogP contribution is 2.17. The Bertz CT molecular complexity index is 624. The first-order chi connectivity index (χ1) is 11.0. The smallest absolute Gasteiger partial charge is 0.493 e. The number of para-hydroxylation sites is 2. The van der Waals surface area contributed by atoms with Crippen LogP contribution < -0.4 is 9.47 Å². The summed E-state index contributed by atoms with van der Waals surface area (Å²) < 4.78 is 9.60. The van der Waals surface area contributed by atoms with Gasteiger partial charge in [0.1, 0.15) is 17.1 Å². The van der Waals surface area contributed by atoms with Crippen molar-refractivity contribution in [1.82, 2.24) is 0 Å². The van der Waals surface area contributed by atoms with E-state index < -0.39 is 12.1 Å². The Kier molecular flexibility index (Phi) is 7.71. The number of benzene rings is 2. The summed E-state index contributed by atoms with van der Waals surface area (Å²) >= 11 is 0. The molecule has 0 atom stereocenters. The first-order valence-electron chi connectivity index (χ1n) is 6.95. The number of hydrogen-bond acceptors (Lipinski definition) is 4. The zero-order valence-corrected chi connectivity index (χ0v) is 12.6. The molecule has 0 aliphatic carbocycles. The van der Waals surface area contributed by atoms with Crippen LogP contribution in [0, 0.1) is 0 Å². The molecule has 2 aromatic rings. The van der Waals surface area contributed by atoms with Crippen molar-refractivity contribution < 1.29 is 29.3 Å². The molecule has 2 rings (SSSR count). The Hall–Kier alpha value is -3.02. The maximum atomic E-state index is 10.7. The van der Waals surface area contributed by atoms with Crippen molar-refractivity contribution in [2.45, 2.75) is 13.3 Å². The van der Waals surface area contributed by atoms with E-state index in [0.29, 0.717) is 18.1 Å². The summed E-state index contributed by atoms with van der Waals surface area (Å²) in [6.45, 7) is 2.52. The highest BCUT2D eigenvalue weighted by Gasteiger charge is 2.08. The van der Waals surface area contributed by atoms with Crippen molar-refractivity contribution in [3.8, 4) is 11.5 Å². The van der Waals surface area contributed by atoms with Gasteiger partial charge in [0, 0.05) is 0 Å². The minimum absolute atomic E-state index is 0.218. The summed E-state index contributed by atoms with van der Waals surface area (Å²) in [4.78, 5) is 20.7. The number of carbonyl (C=O) groups is 2. The number of carboxylic acids is 1. The zero-order valence-electron chi connectivity index (χ0n) is 12.6. The first kappa shape index (κ1) is 18.0. The summed E-state index contributed by atoms with van der Waals surface area (Å²) in [7, 11) is 0. The molecule has 2 N–H and O–H groups in total. The number of ether oxygens (including phenoxy) is 2. The molecule has 0 fully saturated rings. The lowest BCUT2D eigenvalue weighted by molar-refractivity contribution is 0.0692. The third-order valence-electron chi connectivity index (χ3n) is 2.53. The summed E-state index contributed by atoms with van der Waals surface area (Å²) in [6, 6.07) is 15.0. The molecule has 0 spiro atoms. The lowest BCUT2D eigenvalue weighted by atomic mass is 10.2. The molecule has 0 saturated carbocycles. The van der Waals surface area contributed by atoms with Crippen LogP contribution in [0.3, 0.4) is 0 Å². The van der Waals surface area contributed by atoms with Crippen molar-refractivity contribution in [2.75, 3.05) is 6.61 Å². The van der Waals surface area contributed by atoms with Gasteiger partial charge < -0.3 is 19.7 Å². The van der Waals surface area contributed by atoms with Crippen LogP contribution in [0.4, 0.5) is 4.79 Å². The van der Waals surface area contributed by atoms with Crippen LogP contribution >= 0.6 is 0 Å². The predicted molar refractivity (Wildman–Crippen MR) is 84.3 cm³/mol. The Morgan fingerprint density at radius 1 is 0.957 bits per heavy atom. The fourth-order valence-electron chi connectivity index (χ4n) is 1.57. The van der Waals surface area contributed by atoms with Gasteiger partial charge in [-0.3, -0.25) is 0 Å². The van der Waals surface area contributed by atoms with Crippen molar-refractivity contribution in [1.29, 1.82) is 0 Å². The molecule has 0 aliphatic rings. The second-order valence-corrected chi connectivity index (χ2v) is 4.33. The van der Waals surface area contributed by atoms with Crippen LogP contribution in [-0.4, -0.2) is 28.9 Å². The fourth-order valence-corrected chi connectivity index (χ4v) is 1.57. The van der Waals surface area contributed by atoms with E-state index in [1.807, 2.05) is 6.92 Å². The topological polar surface area (TPSA) is 93.1 Å². The maximum absolute atomic E-state index is 10.7. The summed E-state index contributed by atoms with van der Waals surface area (Å²) in [5.74, 6) is -0.168. The molecule has 6 nitrogen and oxygen atoms in total. The third-order valence-corrected chi connectivity index (χ3v) is 2.53. The molecule has 0 aromatic heterocycles. The Morgan fingerprint density at radius 3 is 2.13 bits per heavy atom. The third kappa shape index (κ3) is 6.99. The van der Waals surface area contributed by atoms with E-state index in [1.165, 1.54) is 6.07 Å². The largest absolute Gasteiger partial charge is 0.511 e.